The standard InChI is InChI=1S/C3H8Cl2N2O3S/c1-3(6,7(4)5)2-11(8,9)10/h2,6H2,1H3,(H,8,9,10). The van der Waals surface area contributed by atoms with Crippen LogP contribution >= 0.6 is 23.6 Å². The van der Waals surface area contributed by atoms with Crippen molar-refractivity contribution in [2.45, 2.75) is 12.6 Å². The number of nitrogens with two attached hydrogens (primary N) is 1. The Hall–Kier alpha value is 0.410. The summed E-state index contributed by atoms with van der Waals surface area (Å²) >= 11 is 10.3. The third kappa shape index (κ3) is 4.78. The molecule has 0 aromatic rings. The molecule has 0 spiro atoms. The lowest BCUT2D eigenvalue weighted by Crippen LogP contribution is -2.50. The highest BCUT2D eigenvalue weighted by Gasteiger charge is 2.30. The Morgan fingerprint density at radius 3 is 2.09 bits per heavy atom. The molecule has 0 rings (SSSR count). The van der Waals surface area contributed by atoms with Crippen LogP contribution in [-0.2, 0) is 10.1 Å². The largest absolute Gasteiger partial charge is 0.310 e. The lowest BCUT2D eigenvalue weighted by atomic mass is 10.3. The van der Waals surface area contributed by atoms with Crippen LogP contribution in [0.1, 0.15) is 6.92 Å². The van der Waals surface area contributed by atoms with Gasteiger partial charge in [0.1, 0.15) is 11.4 Å². The van der Waals surface area contributed by atoms with Gasteiger partial charge in [-0.05, 0) is 30.5 Å². The summed E-state index contributed by atoms with van der Waals surface area (Å²) in [5.74, 6) is -0.729. The van der Waals surface area contributed by atoms with Crippen LogP contribution in [0, 0.1) is 0 Å². The first-order valence-corrected chi connectivity index (χ1v) is 4.79. The van der Waals surface area contributed by atoms with Crippen molar-refractivity contribution in [3.05, 3.63) is 0 Å². The Kier molecular flexibility index (Phi) is 3.55. The second kappa shape index (κ2) is 3.42. The van der Waals surface area contributed by atoms with Crippen molar-refractivity contribution in [1.82, 2.24) is 3.94 Å². The second-order valence-corrected chi connectivity index (χ2v) is 4.62. The zero-order valence-corrected chi connectivity index (χ0v) is 7.99. The van der Waals surface area contributed by atoms with Crippen molar-refractivity contribution in [3.63, 3.8) is 0 Å². The fraction of sp³-hybridized carbons (Fsp3) is 1.00. The maximum absolute atomic E-state index is 10.3. The quantitative estimate of drug-likeness (QED) is 0.404. The van der Waals surface area contributed by atoms with Crippen molar-refractivity contribution >= 4 is 33.7 Å². The SMILES string of the molecule is CC(N)(CS(=O)(=O)O)N(Cl)Cl. The Morgan fingerprint density at radius 1 is 1.64 bits per heavy atom. The summed E-state index contributed by atoms with van der Waals surface area (Å²) in [4.78, 5) is 0. The molecule has 5 nitrogen and oxygen atoms in total. The van der Waals surface area contributed by atoms with Crippen LogP contribution in [0.15, 0.2) is 0 Å². The van der Waals surface area contributed by atoms with Gasteiger partial charge in [0.05, 0.1) is 0 Å². The second-order valence-electron chi connectivity index (χ2n) is 2.32. The predicted octanol–water partition coefficient (Wildman–Crippen LogP) is 0.159. The van der Waals surface area contributed by atoms with Crippen LogP contribution in [0.4, 0.5) is 0 Å². The molecular weight excluding hydrogens is 215 g/mol. The van der Waals surface area contributed by atoms with Gasteiger partial charge in [0.15, 0.2) is 0 Å². The molecule has 1 atom stereocenters. The molecule has 0 aliphatic rings. The molecule has 1 unspecified atom stereocenters. The van der Waals surface area contributed by atoms with Gasteiger partial charge in [-0.1, -0.05) is 0 Å². The van der Waals surface area contributed by atoms with E-state index < -0.39 is 21.5 Å². The number of halogens is 2. The van der Waals surface area contributed by atoms with Gasteiger partial charge in [0, 0.05) is 0 Å². The van der Waals surface area contributed by atoms with E-state index in [1.807, 2.05) is 0 Å². The molecule has 0 heterocycles. The van der Waals surface area contributed by atoms with Crippen LogP contribution < -0.4 is 5.73 Å². The molecule has 0 bridgehead atoms. The Balaban J connectivity index is 4.38. The van der Waals surface area contributed by atoms with Gasteiger partial charge in [0.2, 0.25) is 0 Å². The van der Waals surface area contributed by atoms with E-state index in [2.05, 4.69) is 0 Å². The third-order valence-electron chi connectivity index (χ3n) is 0.861. The van der Waals surface area contributed by atoms with Crippen molar-refractivity contribution < 1.29 is 13.0 Å². The first-order chi connectivity index (χ1) is 4.65. The van der Waals surface area contributed by atoms with Gasteiger partial charge in [-0.3, -0.25) is 4.55 Å². The van der Waals surface area contributed by atoms with E-state index in [1.165, 1.54) is 6.92 Å². The zero-order valence-electron chi connectivity index (χ0n) is 5.66. The van der Waals surface area contributed by atoms with Crippen LogP contribution in [0.5, 0.6) is 0 Å². The molecule has 0 saturated heterocycles. The topological polar surface area (TPSA) is 83.6 Å². The summed E-state index contributed by atoms with van der Waals surface area (Å²) in [7, 11) is -4.16. The number of hydrogen-bond acceptors (Lipinski definition) is 4. The summed E-state index contributed by atoms with van der Waals surface area (Å²) in [6.07, 6.45) is 0. The van der Waals surface area contributed by atoms with Gasteiger partial charge in [0.25, 0.3) is 10.1 Å². The Labute approximate surface area is 75.0 Å². The minimum Gasteiger partial charge on any atom is -0.310 e. The van der Waals surface area contributed by atoms with E-state index in [4.69, 9.17) is 33.8 Å². The first-order valence-electron chi connectivity index (χ1n) is 2.51. The highest BCUT2D eigenvalue weighted by molar-refractivity contribution is 7.85. The Morgan fingerprint density at radius 2 is 2.00 bits per heavy atom. The average molecular weight is 223 g/mol. The van der Waals surface area contributed by atoms with Crippen molar-refractivity contribution in [2.24, 2.45) is 5.73 Å². The minimum atomic E-state index is -4.16. The summed E-state index contributed by atoms with van der Waals surface area (Å²) in [6.45, 7) is 1.26. The van der Waals surface area contributed by atoms with E-state index in [0.29, 0.717) is 3.94 Å². The molecule has 0 fully saturated rings. The zero-order chi connectivity index (χ0) is 9.28. The molecule has 0 amide bonds. The van der Waals surface area contributed by atoms with Gasteiger partial charge in [-0.2, -0.15) is 8.42 Å². The summed E-state index contributed by atoms with van der Waals surface area (Å²) in [6, 6.07) is 0. The average Bonchev–Trinajstić information content (AvgIpc) is 1.56. The molecule has 11 heavy (non-hydrogen) atoms. The van der Waals surface area contributed by atoms with Gasteiger partial charge in [-0.25, -0.2) is 0 Å². The predicted molar refractivity (Wildman–Crippen MR) is 42.6 cm³/mol. The van der Waals surface area contributed by atoms with E-state index in [1.54, 1.807) is 0 Å². The van der Waals surface area contributed by atoms with Crippen molar-refractivity contribution in [1.29, 1.82) is 0 Å². The van der Waals surface area contributed by atoms with E-state index in [0.717, 1.165) is 0 Å². The molecule has 0 aromatic heterocycles. The van der Waals surface area contributed by atoms with E-state index in [-0.39, 0.29) is 0 Å². The molecule has 0 aromatic carbocycles. The maximum atomic E-state index is 10.3. The monoisotopic (exact) mass is 222 g/mol. The molecule has 8 heteroatoms. The van der Waals surface area contributed by atoms with Gasteiger partial charge in [-0.15, -0.1) is 3.94 Å². The fourth-order valence-electron chi connectivity index (χ4n) is 0.418. The van der Waals surface area contributed by atoms with E-state index >= 15 is 0 Å². The molecule has 0 radical (unpaired) electrons. The van der Waals surface area contributed by atoms with Crippen LogP contribution in [0.3, 0.4) is 0 Å². The van der Waals surface area contributed by atoms with Crippen LogP contribution in [0.25, 0.3) is 0 Å². The summed E-state index contributed by atoms with van der Waals surface area (Å²) in [5, 5.41) is 0. The number of nitrogens with zero attached hydrogens (tertiary/aromatic N) is 1. The molecule has 3 N–H and O–H groups in total. The highest BCUT2D eigenvalue weighted by atomic mass is 35.5. The normalized spacial score (nSPS) is 18.4. The van der Waals surface area contributed by atoms with Gasteiger partial charge >= 0.3 is 0 Å². The highest BCUT2D eigenvalue weighted by Crippen LogP contribution is 2.15. The first kappa shape index (κ1) is 11.4. The van der Waals surface area contributed by atoms with Crippen molar-refractivity contribution in [3.8, 4) is 0 Å². The van der Waals surface area contributed by atoms with Crippen molar-refractivity contribution in [2.75, 3.05) is 5.75 Å². The molecule has 0 saturated carbocycles. The molecule has 0 aliphatic heterocycles. The summed E-state index contributed by atoms with van der Waals surface area (Å²) < 4.78 is 29.4. The number of hydrogen-bond donors (Lipinski definition) is 2. The molecular formula is C3H8Cl2N2O3S. The van der Waals surface area contributed by atoms with Gasteiger partial charge < -0.3 is 5.73 Å². The summed E-state index contributed by atoms with van der Waals surface area (Å²) in [5.41, 5.74) is 3.78. The Bertz CT molecular complexity index is 225. The fourth-order valence-corrected chi connectivity index (χ4v) is 1.55. The number of rotatable bonds is 3. The lowest BCUT2D eigenvalue weighted by molar-refractivity contribution is 0.355. The third-order valence-corrected chi connectivity index (χ3v) is 2.58. The maximum Gasteiger partial charge on any atom is 0.268 e. The smallest absolute Gasteiger partial charge is 0.268 e. The molecule has 0 aliphatic carbocycles. The van der Waals surface area contributed by atoms with Crippen LogP contribution in [0.2, 0.25) is 0 Å². The minimum absolute atomic E-state index is 0.473. The lowest BCUT2D eigenvalue weighted by Gasteiger charge is -2.25. The van der Waals surface area contributed by atoms with Crippen LogP contribution in [-0.4, -0.2) is 28.3 Å². The van der Waals surface area contributed by atoms with E-state index in [9.17, 15) is 8.42 Å². The molecule has 68 valence electrons.